The monoisotopic (exact) mass is 276 g/mol. The number of phenolic OH excluding ortho intramolecular Hbond substituents is 1. The molecule has 20 heavy (non-hydrogen) atoms. The Balaban J connectivity index is 2.17. The molecule has 3 heteroatoms. The number of hydrogen-bond donors (Lipinski definition) is 2. The fourth-order valence-electron chi connectivity index (χ4n) is 2.84. The van der Waals surface area contributed by atoms with Crippen LogP contribution in [0.3, 0.4) is 0 Å². The number of piperazine rings is 1. The highest BCUT2D eigenvalue weighted by molar-refractivity contribution is 5.26. The topological polar surface area (TPSA) is 35.5 Å². The maximum absolute atomic E-state index is 9.41. The standard InChI is InChI=1S/C17H28N2O/c1-5-16(3)13-19(17(4,6-2)12-18-16)11-14-7-9-15(20)10-8-14/h7-10,18,20H,5-6,11-13H2,1-4H3. The van der Waals surface area contributed by atoms with Crippen LogP contribution < -0.4 is 5.32 Å². The normalized spacial score (nSPS) is 31.4. The molecule has 1 aromatic rings. The second kappa shape index (κ2) is 5.74. The van der Waals surface area contributed by atoms with Gasteiger partial charge in [-0.2, -0.15) is 0 Å². The summed E-state index contributed by atoms with van der Waals surface area (Å²) in [5.74, 6) is 0.339. The van der Waals surface area contributed by atoms with Crippen LogP contribution in [0.2, 0.25) is 0 Å². The molecule has 2 unspecified atom stereocenters. The van der Waals surface area contributed by atoms with E-state index in [4.69, 9.17) is 0 Å². The van der Waals surface area contributed by atoms with Gasteiger partial charge in [0.05, 0.1) is 0 Å². The molecule has 1 fully saturated rings. The van der Waals surface area contributed by atoms with Crippen LogP contribution in [0.1, 0.15) is 46.1 Å². The third-order valence-corrected chi connectivity index (χ3v) is 5.05. The molecule has 0 aliphatic carbocycles. The van der Waals surface area contributed by atoms with Gasteiger partial charge in [-0.3, -0.25) is 4.90 Å². The third-order valence-electron chi connectivity index (χ3n) is 5.05. The highest BCUT2D eigenvalue weighted by Crippen LogP contribution is 2.30. The van der Waals surface area contributed by atoms with Crippen molar-refractivity contribution >= 4 is 0 Å². The van der Waals surface area contributed by atoms with E-state index in [-0.39, 0.29) is 11.1 Å². The number of benzene rings is 1. The molecule has 3 nitrogen and oxygen atoms in total. The van der Waals surface area contributed by atoms with Gasteiger partial charge in [-0.25, -0.2) is 0 Å². The molecule has 0 aromatic heterocycles. The summed E-state index contributed by atoms with van der Waals surface area (Å²) >= 11 is 0. The number of aromatic hydroxyl groups is 1. The van der Waals surface area contributed by atoms with E-state index in [0.717, 1.165) is 32.5 Å². The number of hydrogen-bond acceptors (Lipinski definition) is 3. The van der Waals surface area contributed by atoms with Crippen LogP contribution in [0.4, 0.5) is 0 Å². The number of nitrogens with one attached hydrogen (secondary N) is 1. The van der Waals surface area contributed by atoms with Crippen LogP contribution in [-0.4, -0.2) is 34.2 Å². The molecule has 112 valence electrons. The van der Waals surface area contributed by atoms with Crippen molar-refractivity contribution in [2.24, 2.45) is 0 Å². The highest BCUT2D eigenvalue weighted by Gasteiger charge is 2.40. The zero-order chi connectivity index (χ0) is 14.8. The molecule has 1 aromatic carbocycles. The molecular formula is C17H28N2O. The zero-order valence-electron chi connectivity index (χ0n) is 13.2. The summed E-state index contributed by atoms with van der Waals surface area (Å²) in [4.78, 5) is 2.60. The minimum atomic E-state index is 0.200. The summed E-state index contributed by atoms with van der Waals surface area (Å²) in [6.07, 6.45) is 2.27. The van der Waals surface area contributed by atoms with Crippen molar-refractivity contribution in [3.8, 4) is 5.75 Å². The predicted molar refractivity (Wildman–Crippen MR) is 83.9 cm³/mol. The molecule has 0 saturated carbocycles. The maximum atomic E-state index is 9.41. The molecule has 2 atom stereocenters. The second-order valence-electron chi connectivity index (χ2n) is 6.64. The van der Waals surface area contributed by atoms with Gasteiger partial charge in [0.15, 0.2) is 0 Å². The summed E-state index contributed by atoms with van der Waals surface area (Å²) < 4.78 is 0. The van der Waals surface area contributed by atoms with E-state index in [1.165, 1.54) is 5.56 Å². The van der Waals surface area contributed by atoms with Crippen LogP contribution in [-0.2, 0) is 6.54 Å². The molecule has 1 aliphatic heterocycles. The van der Waals surface area contributed by atoms with Crippen molar-refractivity contribution in [3.05, 3.63) is 29.8 Å². The predicted octanol–water partition coefficient (Wildman–Crippen LogP) is 3.13. The first-order valence-electron chi connectivity index (χ1n) is 7.69. The lowest BCUT2D eigenvalue weighted by Gasteiger charge is -2.52. The Kier molecular flexibility index (Phi) is 4.40. The van der Waals surface area contributed by atoms with E-state index in [1.54, 1.807) is 12.1 Å². The van der Waals surface area contributed by atoms with Crippen molar-refractivity contribution in [3.63, 3.8) is 0 Å². The second-order valence-corrected chi connectivity index (χ2v) is 6.64. The minimum absolute atomic E-state index is 0.200. The molecule has 1 aliphatic rings. The summed E-state index contributed by atoms with van der Waals surface area (Å²) in [5, 5.41) is 13.1. The zero-order valence-corrected chi connectivity index (χ0v) is 13.2. The van der Waals surface area contributed by atoms with Crippen LogP contribution in [0.25, 0.3) is 0 Å². The lowest BCUT2D eigenvalue weighted by molar-refractivity contribution is 0.0104. The van der Waals surface area contributed by atoms with E-state index in [0.29, 0.717) is 5.75 Å². The number of nitrogens with zero attached hydrogens (tertiary/aromatic N) is 1. The fraction of sp³-hybridized carbons (Fsp3) is 0.647. The van der Waals surface area contributed by atoms with Crippen molar-refractivity contribution in [2.45, 2.75) is 58.2 Å². The Bertz CT molecular complexity index is 445. The Hall–Kier alpha value is -1.06. The van der Waals surface area contributed by atoms with Gasteiger partial charge in [-0.1, -0.05) is 26.0 Å². The molecule has 1 saturated heterocycles. The number of phenols is 1. The smallest absolute Gasteiger partial charge is 0.115 e. The quantitative estimate of drug-likeness (QED) is 0.887. The van der Waals surface area contributed by atoms with Gasteiger partial charge in [0, 0.05) is 30.7 Å². The lowest BCUT2D eigenvalue weighted by atomic mass is 9.85. The third kappa shape index (κ3) is 3.15. The molecule has 2 N–H and O–H groups in total. The average Bonchev–Trinajstić information content (AvgIpc) is 2.46. The Morgan fingerprint density at radius 2 is 1.80 bits per heavy atom. The van der Waals surface area contributed by atoms with Gasteiger partial charge in [-0.15, -0.1) is 0 Å². The van der Waals surface area contributed by atoms with Crippen molar-refractivity contribution < 1.29 is 5.11 Å². The fourth-order valence-corrected chi connectivity index (χ4v) is 2.84. The first kappa shape index (κ1) is 15.3. The molecule has 0 radical (unpaired) electrons. The van der Waals surface area contributed by atoms with Crippen LogP contribution in [0.5, 0.6) is 5.75 Å². The lowest BCUT2D eigenvalue weighted by Crippen LogP contribution is -2.67. The Morgan fingerprint density at radius 1 is 1.15 bits per heavy atom. The summed E-state index contributed by atoms with van der Waals surface area (Å²) in [6, 6.07) is 7.60. The van der Waals surface area contributed by atoms with E-state index in [1.807, 2.05) is 12.1 Å². The summed E-state index contributed by atoms with van der Waals surface area (Å²) in [7, 11) is 0. The van der Waals surface area contributed by atoms with Crippen molar-refractivity contribution in [2.75, 3.05) is 13.1 Å². The van der Waals surface area contributed by atoms with Crippen LogP contribution >= 0.6 is 0 Å². The van der Waals surface area contributed by atoms with Crippen molar-refractivity contribution in [1.29, 1.82) is 0 Å². The summed E-state index contributed by atoms with van der Waals surface area (Å²) in [5.41, 5.74) is 1.67. The van der Waals surface area contributed by atoms with E-state index < -0.39 is 0 Å². The first-order chi connectivity index (χ1) is 9.41. The molecule has 0 spiro atoms. The van der Waals surface area contributed by atoms with Gasteiger partial charge in [0.1, 0.15) is 5.75 Å². The molecule has 2 rings (SSSR count). The SMILES string of the molecule is CCC1(C)CN(Cc2ccc(O)cc2)C(C)(CC)CN1. The van der Waals surface area contributed by atoms with Gasteiger partial charge in [0.25, 0.3) is 0 Å². The maximum Gasteiger partial charge on any atom is 0.115 e. The summed E-state index contributed by atoms with van der Waals surface area (Å²) in [6.45, 7) is 12.2. The van der Waals surface area contributed by atoms with E-state index in [9.17, 15) is 5.11 Å². The van der Waals surface area contributed by atoms with Gasteiger partial charge in [0.2, 0.25) is 0 Å². The molecule has 0 amide bonds. The van der Waals surface area contributed by atoms with E-state index >= 15 is 0 Å². The molecule has 0 bridgehead atoms. The van der Waals surface area contributed by atoms with Crippen LogP contribution in [0.15, 0.2) is 24.3 Å². The first-order valence-corrected chi connectivity index (χ1v) is 7.69. The molecular weight excluding hydrogens is 248 g/mol. The number of rotatable bonds is 4. The van der Waals surface area contributed by atoms with Crippen molar-refractivity contribution in [1.82, 2.24) is 10.2 Å². The minimum Gasteiger partial charge on any atom is -0.508 e. The van der Waals surface area contributed by atoms with Crippen LogP contribution in [0, 0.1) is 0 Å². The van der Waals surface area contributed by atoms with Gasteiger partial charge in [-0.05, 0) is 44.4 Å². The largest absolute Gasteiger partial charge is 0.508 e. The highest BCUT2D eigenvalue weighted by atomic mass is 16.3. The Labute approximate surface area is 123 Å². The molecule has 1 heterocycles. The van der Waals surface area contributed by atoms with Gasteiger partial charge >= 0.3 is 0 Å². The van der Waals surface area contributed by atoms with Gasteiger partial charge < -0.3 is 10.4 Å². The Morgan fingerprint density at radius 3 is 2.35 bits per heavy atom. The average molecular weight is 276 g/mol. The van der Waals surface area contributed by atoms with E-state index in [2.05, 4.69) is 37.9 Å².